The molecule has 2 heterocycles. The summed E-state index contributed by atoms with van der Waals surface area (Å²) in [4.78, 5) is 7.75. The first-order chi connectivity index (χ1) is 7.48. The van der Waals surface area contributed by atoms with Crippen LogP contribution in [-0.2, 0) is 10.0 Å². The van der Waals surface area contributed by atoms with E-state index in [0.717, 1.165) is 5.82 Å². The first kappa shape index (κ1) is 10.8. The van der Waals surface area contributed by atoms with Crippen molar-refractivity contribution < 1.29 is 8.42 Å². The van der Waals surface area contributed by atoms with Crippen LogP contribution in [0.15, 0.2) is 35.7 Å². The van der Waals surface area contributed by atoms with Crippen molar-refractivity contribution in [3.8, 4) is 5.69 Å². The molecular weight excluding hydrogens is 228 g/mol. The van der Waals surface area contributed by atoms with Crippen molar-refractivity contribution in [1.29, 1.82) is 0 Å². The fourth-order valence-electron chi connectivity index (χ4n) is 1.36. The van der Waals surface area contributed by atoms with E-state index in [1.165, 1.54) is 12.3 Å². The Bertz CT molecular complexity index is 618. The van der Waals surface area contributed by atoms with E-state index in [1.54, 1.807) is 23.0 Å². The number of aromatic nitrogens is 3. The highest BCUT2D eigenvalue weighted by atomic mass is 32.2. The minimum atomic E-state index is -3.77. The quantitative estimate of drug-likeness (QED) is 0.810. The number of nitrogens with two attached hydrogens (primary N) is 1. The lowest BCUT2D eigenvalue weighted by Gasteiger charge is -2.05. The minimum absolute atomic E-state index is 0.155. The third kappa shape index (κ3) is 1.95. The first-order valence-corrected chi connectivity index (χ1v) is 6.02. The summed E-state index contributed by atoms with van der Waals surface area (Å²) in [5.41, 5.74) is 0.661. The molecule has 2 aromatic heterocycles. The molecule has 2 rings (SSSR count). The molecule has 2 N–H and O–H groups in total. The topological polar surface area (TPSA) is 90.9 Å². The highest BCUT2D eigenvalue weighted by Gasteiger charge is 2.10. The van der Waals surface area contributed by atoms with Gasteiger partial charge in [-0.15, -0.1) is 0 Å². The highest BCUT2D eigenvalue weighted by molar-refractivity contribution is 7.89. The Hall–Kier alpha value is -1.73. The zero-order valence-electron chi connectivity index (χ0n) is 8.53. The summed E-state index contributed by atoms with van der Waals surface area (Å²) in [5.74, 6) is 0.756. The summed E-state index contributed by atoms with van der Waals surface area (Å²) < 4.78 is 24.0. The van der Waals surface area contributed by atoms with Gasteiger partial charge in [-0.25, -0.2) is 23.5 Å². The van der Waals surface area contributed by atoms with Gasteiger partial charge in [-0.3, -0.25) is 0 Å². The van der Waals surface area contributed by atoms with Crippen molar-refractivity contribution in [3.05, 3.63) is 36.5 Å². The van der Waals surface area contributed by atoms with E-state index in [-0.39, 0.29) is 5.03 Å². The predicted octanol–water partition coefficient (Wildman–Crippen LogP) is 0.223. The summed E-state index contributed by atoms with van der Waals surface area (Å²) in [6, 6.07) is 3.09. The molecule has 0 radical (unpaired) electrons. The SMILES string of the molecule is Cc1nccn1-c1ccnc(S(N)(=O)=O)c1. The molecule has 6 nitrogen and oxygen atoms in total. The van der Waals surface area contributed by atoms with Crippen LogP contribution >= 0.6 is 0 Å². The number of pyridine rings is 1. The maximum absolute atomic E-state index is 11.1. The molecule has 0 spiro atoms. The lowest BCUT2D eigenvalue weighted by atomic mass is 10.4. The molecule has 7 heteroatoms. The van der Waals surface area contributed by atoms with Gasteiger partial charge in [-0.1, -0.05) is 0 Å². The van der Waals surface area contributed by atoms with Gasteiger partial charge >= 0.3 is 0 Å². The number of aryl methyl sites for hydroxylation is 1. The smallest absolute Gasteiger partial charge is 0.255 e. The van der Waals surface area contributed by atoms with Crippen molar-refractivity contribution in [2.75, 3.05) is 0 Å². The van der Waals surface area contributed by atoms with E-state index in [9.17, 15) is 8.42 Å². The summed E-state index contributed by atoms with van der Waals surface area (Å²) in [5, 5.41) is 4.85. The lowest BCUT2D eigenvalue weighted by molar-refractivity contribution is 0.594. The van der Waals surface area contributed by atoms with Gasteiger partial charge in [0, 0.05) is 24.7 Å². The third-order valence-corrected chi connectivity index (χ3v) is 2.92. The van der Waals surface area contributed by atoms with Gasteiger partial charge in [0.25, 0.3) is 10.0 Å². The standard InChI is InChI=1S/C9H10N4O2S/c1-7-11-4-5-13(7)8-2-3-12-9(6-8)16(10,14)15/h2-6H,1H3,(H2,10,14,15). The fraction of sp³-hybridized carbons (Fsp3) is 0.111. The molecule has 84 valence electrons. The predicted molar refractivity (Wildman–Crippen MR) is 57.5 cm³/mol. The first-order valence-electron chi connectivity index (χ1n) is 4.47. The van der Waals surface area contributed by atoms with Crippen molar-refractivity contribution in [2.24, 2.45) is 5.14 Å². The Morgan fingerprint density at radius 3 is 2.62 bits per heavy atom. The molecule has 0 saturated heterocycles. The minimum Gasteiger partial charge on any atom is -0.304 e. The molecule has 0 aliphatic rings. The van der Waals surface area contributed by atoms with Crippen LogP contribution in [0.25, 0.3) is 5.69 Å². The largest absolute Gasteiger partial charge is 0.304 e. The summed E-state index contributed by atoms with van der Waals surface area (Å²) in [6.07, 6.45) is 4.76. The molecule has 0 aliphatic carbocycles. The van der Waals surface area contributed by atoms with Crippen LogP contribution in [0.4, 0.5) is 0 Å². The molecular formula is C9H10N4O2S. The van der Waals surface area contributed by atoms with E-state index >= 15 is 0 Å². The Kier molecular flexibility index (Phi) is 2.49. The number of sulfonamides is 1. The Labute approximate surface area is 92.8 Å². The van der Waals surface area contributed by atoms with Crippen molar-refractivity contribution >= 4 is 10.0 Å². The van der Waals surface area contributed by atoms with E-state index in [2.05, 4.69) is 9.97 Å². The van der Waals surface area contributed by atoms with Gasteiger partial charge in [0.15, 0.2) is 5.03 Å². The Balaban J connectivity index is 2.57. The summed E-state index contributed by atoms with van der Waals surface area (Å²) in [6.45, 7) is 1.82. The average molecular weight is 238 g/mol. The number of imidazole rings is 1. The molecule has 0 saturated carbocycles. The molecule has 0 atom stereocenters. The second-order valence-corrected chi connectivity index (χ2v) is 4.75. The van der Waals surface area contributed by atoms with Gasteiger partial charge in [0.1, 0.15) is 5.82 Å². The highest BCUT2D eigenvalue weighted by Crippen LogP contribution is 2.12. The van der Waals surface area contributed by atoms with Gasteiger partial charge in [0.2, 0.25) is 0 Å². The zero-order valence-corrected chi connectivity index (χ0v) is 9.35. The number of hydrogen-bond acceptors (Lipinski definition) is 4. The average Bonchev–Trinajstić information content (AvgIpc) is 2.63. The van der Waals surface area contributed by atoms with E-state index in [1.807, 2.05) is 6.92 Å². The summed E-state index contributed by atoms with van der Waals surface area (Å²) >= 11 is 0. The molecule has 16 heavy (non-hydrogen) atoms. The normalized spacial score (nSPS) is 11.6. The second-order valence-electron chi connectivity index (χ2n) is 3.24. The van der Waals surface area contributed by atoms with Crippen LogP contribution in [0.3, 0.4) is 0 Å². The molecule has 0 aromatic carbocycles. The summed E-state index contributed by atoms with van der Waals surface area (Å²) in [7, 11) is -3.77. The number of primary sulfonamides is 1. The number of rotatable bonds is 2. The second kappa shape index (κ2) is 3.69. The van der Waals surface area contributed by atoms with Crippen LogP contribution in [0.2, 0.25) is 0 Å². The van der Waals surface area contributed by atoms with Gasteiger partial charge in [-0.2, -0.15) is 0 Å². The van der Waals surface area contributed by atoms with Crippen molar-refractivity contribution in [3.63, 3.8) is 0 Å². The van der Waals surface area contributed by atoms with Crippen LogP contribution in [0, 0.1) is 6.92 Å². The molecule has 0 amide bonds. The zero-order chi connectivity index (χ0) is 11.8. The molecule has 0 unspecified atom stereocenters. The van der Waals surface area contributed by atoms with Crippen LogP contribution in [-0.4, -0.2) is 23.0 Å². The molecule has 2 aromatic rings. The van der Waals surface area contributed by atoms with Crippen LogP contribution in [0.5, 0.6) is 0 Å². The van der Waals surface area contributed by atoms with Crippen molar-refractivity contribution in [2.45, 2.75) is 11.9 Å². The number of hydrogen-bond donors (Lipinski definition) is 1. The van der Waals surface area contributed by atoms with Gasteiger partial charge in [0.05, 0.1) is 5.69 Å². The van der Waals surface area contributed by atoms with Crippen LogP contribution < -0.4 is 5.14 Å². The Morgan fingerprint density at radius 2 is 2.06 bits per heavy atom. The maximum Gasteiger partial charge on any atom is 0.255 e. The fourth-order valence-corrected chi connectivity index (χ4v) is 1.85. The van der Waals surface area contributed by atoms with E-state index in [4.69, 9.17) is 5.14 Å². The lowest BCUT2D eigenvalue weighted by Crippen LogP contribution is -2.14. The van der Waals surface area contributed by atoms with Gasteiger partial charge < -0.3 is 4.57 Å². The van der Waals surface area contributed by atoms with Gasteiger partial charge in [-0.05, 0) is 13.0 Å². The molecule has 0 bridgehead atoms. The van der Waals surface area contributed by atoms with E-state index in [0.29, 0.717) is 5.69 Å². The Morgan fingerprint density at radius 1 is 1.31 bits per heavy atom. The van der Waals surface area contributed by atoms with Crippen molar-refractivity contribution in [1.82, 2.24) is 14.5 Å². The van der Waals surface area contributed by atoms with E-state index < -0.39 is 10.0 Å². The number of nitrogens with zero attached hydrogens (tertiary/aromatic N) is 3. The third-order valence-electron chi connectivity index (χ3n) is 2.11. The molecule has 0 aliphatic heterocycles. The van der Waals surface area contributed by atoms with Crippen LogP contribution in [0.1, 0.15) is 5.82 Å². The maximum atomic E-state index is 11.1. The molecule has 0 fully saturated rings. The monoisotopic (exact) mass is 238 g/mol.